The average Bonchev–Trinajstić information content (AvgIpc) is 3.30. The number of phenols is 1. The third-order valence-electron chi connectivity index (χ3n) is 7.15. The number of benzene rings is 1. The number of allylic oxidation sites excluding steroid dienone is 1. The van der Waals surface area contributed by atoms with Crippen LogP contribution in [0.15, 0.2) is 49.7 Å². The number of hydrogen-bond acceptors (Lipinski definition) is 6. The van der Waals surface area contributed by atoms with Gasteiger partial charge in [0.1, 0.15) is 17.6 Å². The molecular formula is C25H29FN6O. The summed E-state index contributed by atoms with van der Waals surface area (Å²) in [5.74, 6) is 0.466. The standard InChI is InChI=1S/C25H29FN6O/c1-15-10-24(3)12-19(22(26)25(4,11-15)31-24)16(2)20-13-28-23(30-29-20)18-6-5-17(9-21(18)33)32-8-7-27-14-32/h5-9,13-15,19,22,31,33H,2,10-12H2,1,3-4H3/t15?,19-,22-,24+,25-/m1/s1. The third kappa shape index (κ3) is 3.82. The van der Waals surface area contributed by atoms with Gasteiger partial charge in [-0.3, -0.25) is 0 Å². The predicted octanol–water partition coefficient (Wildman–Crippen LogP) is 4.34. The maximum Gasteiger partial charge on any atom is 0.185 e. The van der Waals surface area contributed by atoms with Gasteiger partial charge < -0.3 is 15.0 Å². The lowest BCUT2D eigenvalue weighted by atomic mass is 9.61. The molecule has 2 aliphatic rings. The SMILES string of the molecule is C=C(c1cnc(-c2ccc(-n3ccnc3)cc2O)nn1)[C@H]1C[C@]2(C)CC(C)C[C@@](C)(N2)[C@@H]1F. The number of alkyl halides is 1. The number of imidazole rings is 1. The first kappa shape index (κ1) is 21.7. The van der Waals surface area contributed by atoms with Crippen LogP contribution in [0.25, 0.3) is 22.6 Å². The van der Waals surface area contributed by atoms with E-state index in [1.807, 2.05) is 13.0 Å². The van der Waals surface area contributed by atoms with E-state index < -0.39 is 11.7 Å². The number of aromatic hydroxyl groups is 1. The highest BCUT2D eigenvalue weighted by Gasteiger charge is 2.54. The van der Waals surface area contributed by atoms with Crippen molar-refractivity contribution in [3.63, 3.8) is 0 Å². The van der Waals surface area contributed by atoms with Gasteiger partial charge >= 0.3 is 0 Å². The molecule has 2 aromatic heterocycles. The van der Waals surface area contributed by atoms with Crippen LogP contribution in [0.1, 0.15) is 45.7 Å². The molecule has 7 nitrogen and oxygen atoms in total. The second-order valence-corrected chi connectivity index (χ2v) is 10.2. The lowest BCUT2D eigenvalue weighted by Crippen LogP contribution is -2.70. The summed E-state index contributed by atoms with van der Waals surface area (Å²) >= 11 is 0. The van der Waals surface area contributed by atoms with Crippen molar-refractivity contribution in [3.05, 3.63) is 55.4 Å². The van der Waals surface area contributed by atoms with E-state index in [9.17, 15) is 5.11 Å². The number of nitrogens with zero attached hydrogens (tertiary/aromatic N) is 5. The Morgan fingerprint density at radius 1 is 1.24 bits per heavy atom. The van der Waals surface area contributed by atoms with Crippen molar-refractivity contribution >= 4 is 5.57 Å². The van der Waals surface area contributed by atoms with Crippen molar-refractivity contribution in [1.29, 1.82) is 0 Å². The molecule has 5 rings (SSSR count). The van der Waals surface area contributed by atoms with Gasteiger partial charge in [0.25, 0.3) is 0 Å². The molecule has 172 valence electrons. The summed E-state index contributed by atoms with van der Waals surface area (Å²) in [6, 6.07) is 5.21. The van der Waals surface area contributed by atoms with E-state index in [0.29, 0.717) is 35.0 Å². The summed E-state index contributed by atoms with van der Waals surface area (Å²) in [7, 11) is 0. The molecule has 2 saturated heterocycles. The Labute approximate surface area is 192 Å². The zero-order valence-corrected chi connectivity index (χ0v) is 19.2. The van der Waals surface area contributed by atoms with Gasteiger partial charge in [0.2, 0.25) is 0 Å². The molecule has 2 aliphatic heterocycles. The number of nitrogens with one attached hydrogen (secondary N) is 1. The molecular weight excluding hydrogens is 419 g/mol. The Morgan fingerprint density at radius 2 is 2.06 bits per heavy atom. The summed E-state index contributed by atoms with van der Waals surface area (Å²) in [6.45, 7) is 10.6. The largest absolute Gasteiger partial charge is 0.507 e. The fourth-order valence-corrected chi connectivity index (χ4v) is 6.02. The Balaban J connectivity index is 1.38. The third-order valence-corrected chi connectivity index (χ3v) is 7.15. The lowest BCUT2D eigenvalue weighted by molar-refractivity contribution is -0.0251. The molecule has 1 aromatic carbocycles. The summed E-state index contributed by atoms with van der Waals surface area (Å²) in [5, 5.41) is 22.6. The Morgan fingerprint density at radius 3 is 2.73 bits per heavy atom. The number of aromatic nitrogens is 5. The van der Waals surface area contributed by atoms with Crippen LogP contribution < -0.4 is 5.32 Å². The van der Waals surface area contributed by atoms with Crippen LogP contribution in [0.5, 0.6) is 5.75 Å². The second kappa shape index (κ2) is 7.73. The molecule has 0 aliphatic carbocycles. The predicted molar refractivity (Wildman–Crippen MR) is 124 cm³/mol. The number of rotatable bonds is 4. The average molecular weight is 449 g/mol. The van der Waals surface area contributed by atoms with Crippen LogP contribution in [-0.4, -0.2) is 47.1 Å². The lowest BCUT2D eigenvalue weighted by Gasteiger charge is -2.57. The number of phenolic OH excluding ortho intramolecular Hbond substituents is 1. The van der Waals surface area contributed by atoms with Gasteiger partial charge in [0.05, 0.1) is 23.8 Å². The zero-order valence-electron chi connectivity index (χ0n) is 19.2. The van der Waals surface area contributed by atoms with E-state index in [0.717, 1.165) is 18.5 Å². The van der Waals surface area contributed by atoms with Crippen molar-refractivity contribution in [2.75, 3.05) is 0 Å². The monoisotopic (exact) mass is 448 g/mol. The van der Waals surface area contributed by atoms with Crippen LogP contribution in [0.2, 0.25) is 0 Å². The first-order valence-electron chi connectivity index (χ1n) is 11.3. The van der Waals surface area contributed by atoms with Crippen molar-refractivity contribution < 1.29 is 9.50 Å². The maximum absolute atomic E-state index is 15.7. The molecule has 5 atom stereocenters. The van der Waals surface area contributed by atoms with Gasteiger partial charge in [-0.05, 0) is 56.7 Å². The van der Waals surface area contributed by atoms with Gasteiger partial charge in [-0.15, -0.1) is 10.2 Å². The van der Waals surface area contributed by atoms with Crippen LogP contribution in [0.3, 0.4) is 0 Å². The molecule has 33 heavy (non-hydrogen) atoms. The zero-order chi connectivity index (χ0) is 23.4. The number of fused-ring (bicyclic) bond motifs is 2. The highest BCUT2D eigenvalue weighted by Crippen LogP contribution is 2.49. The first-order chi connectivity index (χ1) is 15.7. The number of halogens is 1. The molecule has 0 radical (unpaired) electrons. The number of piperidine rings is 2. The van der Waals surface area contributed by atoms with E-state index in [1.54, 1.807) is 41.6 Å². The van der Waals surface area contributed by atoms with Crippen molar-refractivity contribution in [2.24, 2.45) is 11.8 Å². The van der Waals surface area contributed by atoms with Crippen LogP contribution in [-0.2, 0) is 0 Å². The Bertz CT molecular complexity index is 1180. The molecule has 2 N–H and O–H groups in total. The maximum atomic E-state index is 15.7. The van der Waals surface area contributed by atoms with Crippen LogP contribution in [0, 0.1) is 11.8 Å². The van der Waals surface area contributed by atoms with Gasteiger partial charge in [-0.25, -0.2) is 14.4 Å². The molecule has 1 unspecified atom stereocenters. The molecule has 2 bridgehead atoms. The molecule has 0 saturated carbocycles. The number of hydrogen-bond donors (Lipinski definition) is 2. The van der Waals surface area contributed by atoms with E-state index in [1.165, 1.54) is 0 Å². The molecule has 3 aromatic rings. The van der Waals surface area contributed by atoms with Crippen molar-refractivity contribution in [1.82, 2.24) is 30.0 Å². The molecule has 4 heterocycles. The van der Waals surface area contributed by atoms with Crippen molar-refractivity contribution in [3.8, 4) is 22.8 Å². The first-order valence-corrected chi connectivity index (χ1v) is 11.3. The molecule has 2 fully saturated rings. The van der Waals surface area contributed by atoms with E-state index in [2.05, 4.69) is 45.9 Å². The molecule has 8 heteroatoms. The Kier molecular flexibility index (Phi) is 5.08. The van der Waals surface area contributed by atoms with Gasteiger partial charge in [-0.1, -0.05) is 13.5 Å². The summed E-state index contributed by atoms with van der Waals surface area (Å²) < 4.78 is 17.5. The van der Waals surface area contributed by atoms with E-state index >= 15 is 4.39 Å². The fraction of sp³-hybridized carbons (Fsp3) is 0.440. The second-order valence-electron chi connectivity index (χ2n) is 10.2. The highest BCUT2D eigenvalue weighted by molar-refractivity contribution is 5.67. The highest BCUT2D eigenvalue weighted by atomic mass is 19.1. The van der Waals surface area contributed by atoms with E-state index in [-0.39, 0.29) is 17.2 Å². The van der Waals surface area contributed by atoms with E-state index in [4.69, 9.17) is 0 Å². The smallest absolute Gasteiger partial charge is 0.185 e. The summed E-state index contributed by atoms with van der Waals surface area (Å²) in [4.78, 5) is 8.43. The minimum absolute atomic E-state index is 0.0412. The van der Waals surface area contributed by atoms with Crippen LogP contribution in [0.4, 0.5) is 4.39 Å². The topological polar surface area (TPSA) is 88.8 Å². The van der Waals surface area contributed by atoms with Gasteiger partial charge in [-0.2, -0.15) is 0 Å². The Hall–Kier alpha value is -3.13. The van der Waals surface area contributed by atoms with Crippen molar-refractivity contribution in [2.45, 2.75) is 57.3 Å². The minimum atomic E-state index is -1.07. The normalized spacial score (nSPS) is 31.3. The summed E-state index contributed by atoms with van der Waals surface area (Å²) in [6.07, 6.45) is 8.09. The fourth-order valence-electron chi connectivity index (χ4n) is 6.02. The minimum Gasteiger partial charge on any atom is -0.507 e. The van der Waals surface area contributed by atoms with Crippen LogP contribution >= 0.6 is 0 Å². The quantitative estimate of drug-likeness (QED) is 0.617. The molecule has 0 spiro atoms. The van der Waals surface area contributed by atoms with Gasteiger partial charge in [0, 0.05) is 35.5 Å². The summed E-state index contributed by atoms with van der Waals surface area (Å²) in [5.41, 5.74) is 1.64. The molecule has 0 amide bonds. The van der Waals surface area contributed by atoms with Gasteiger partial charge in [0.15, 0.2) is 5.82 Å².